The van der Waals surface area contributed by atoms with Crippen LogP contribution in [-0.2, 0) is 4.74 Å². The first-order valence-corrected chi connectivity index (χ1v) is 3.50. The van der Waals surface area contributed by atoms with Crippen molar-refractivity contribution in [3.05, 3.63) is 18.2 Å². The predicted molar refractivity (Wildman–Crippen MR) is 46.4 cm³/mol. The highest BCUT2D eigenvalue weighted by atomic mass is 35.5. The first-order valence-electron chi connectivity index (χ1n) is 3.50. The Bertz CT molecular complexity index is 223. The van der Waals surface area contributed by atoms with Crippen LogP contribution in [0.5, 0.6) is 0 Å². The Morgan fingerprint density at radius 3 is 3.00 bits per heavy atom. The molecule has 1 N–H and O–H groups in total. The van der Waals surface area contributed by atoms with E-state index in [0.717, 1.165) is 6.42 Å². The molecule has 0 aliphatic rings. The molecule has 5 heteroatoms. The van der Waals surface area contributed by atoms with E-state index in [9.17, 15) is 4.79 Å². The van der Waals surface area contributed by atoms with Crippen molar-refractivity contribution in [2.75, 3.05) is 6.61 Å². The number of aromatic amines is 1. The second-order valence-corrected chi connectivity index (χ2v) is 2.10. The van der Waals surface area contributed by atoms with Gasteiger partial charge in [-0.1, -0.05) is 6.92 Å². The molecule has 0 amide bonds. The Morgan fingerprint density at radius 1 is 1.75 bits per heavy atom. The Morgan fingerprint density at radius 2 is 2.50 bits per heavy atom. The van der Waals surface area contributed by atoms with Crippen LogP contribution in [0, 0.1) is 0 Å². The van der Waals surface area contributed by atoms with E-state index in [-0.39, 0.29) is 18.4 Å². The average Bonchev–Trinajstić information content (AvgIpc) is 2.52. The lowest BCUT2D eigenvalue weighted by molar-refractivity contribution is 0.0499. The average molecular weight is 191 g/mol. The van der Waals surface area contributed by atoms with Gasteiger partial charge in [-0.05, 0) is 6.42 Å². The SMILES string of the molecule is CCCOC(=O)c1cnc[nH]1.Cl. The second kappa shape index (κ2) is 5.60. The van der Waals surface area contributed by atoms with E-state index in [1.54, 1.807) is 0 Å². The van der Waals surface area contributed by atoms with Crippen LogP contribution < -0.4 is 0 Å². The quantitative estimate of drug-likeness (QED) is 0.733. The maximum Gasteiger partial charge on any atom is 0.356 e. The predicted octanol–water partition coefficient (Wildman–Crippen LogP) is 1.40. The molecule has 0 atom stereocenters. The van der Waals surface area contributed by atoms with Gasteiger partial charge in [0, 0.05) is 0 Å². The van der Waals surface area contributed by atoms with Gasteiger partial charge in [0.15, 0.2) is 0 Å². The van der Waals surface area contributed by atoms with Gasteiger partial charge in [-0.25, -0.2) is 9.78 Å². The summed E-state index contributed by atoms with van der Waals surface area (Å²) in [7, 11) is 0. The second-order valence-electron chi connectivity index (χ2n) is 2.10. The molecule has 0 unspecified atom stereocenters. The summed E-state index contributed by atoms with van der Waals surface area (Å²) in [5.74, 6) is -0.343. The minimum absolute atomic E-state index is 0. The van der Waals surface area contributed by atoms with Gasteiger partial charge in [-0.15, -0.1) is 12.4 Å². The minimum Gasteiger partial charge on any atom is -0.461 e. The standard InChI is InChI=1S/C7H10N2O2.ClH/c1-2-3-11-7(10)6-4-8-5-9-6;/h4-5H,2-3H2,1H3,(H,8,9);1H. The summed E-state index contributed by atoms with van der Waals surface area (Å²) in [6, 6.07) is 0. The zero-order chi connectivity index (χ0) is 8.10. The number of ether oxygens (including phenoxy) is 1. The summed E-state index contributed by atoms with van der Waals surface area (Å²) >= 11 is 0. The maximum atomic E-state index is 11.0. The van der Waals surface area contributed by atoms with Crippen LogP contribution in [0.1, 0.15) is 23.8 Å². The Balaban J connectivity index is 0.00000121. The van der Waals surface area contributed by atoms with Gasteiger partial charge in [0.25, 0.3) is 0 Å². The largest absolute Gasteiger partial charge is 0.461 e. The van der Waals surface area contributed by atoms with Crippen molar-refractivity contribution in [1.82, 2.24) is 9.97 Å². The van der Waals surface area contributed by atoms with E-state index in [2.05, 4.69) is 9.97 Å². The molecule has 0 aliphatic carbocycles. The fourth-order valence-corrected chi connectivity index (χ4v) is 0.640. The van der Waals surface area contributed by atoms with E-state index in [0.29, 0.717) is 12.3 Å². The fourth-order valence-electron chi connectivity index (χ4n) is 0.640. The summed E-state index contributed by atoms with van der Waals surface area (Å²) in [5.41, 5.74) is 0.401. The van der Waals surface area contributed by atoms with Gasteiger partial charge in [-0.2, -0.15) is 0 Å². The van der Waals surface area contributed by atoms with E-state index >= 15 is 0 Å². The van der Waals surface area contributed by atoms with Crippen molar-refractivity contribution < 1.29 is 9.53 Å². The van der Waals surface area contributed by atoms with Crippen molar-refractivity contribution >= 4 is 18.4 Å². The molecule has 4 nitrogen and oxygen atoms in total. The molecule has 0 saturated heterocycles. The fraction of sp³-hybridized carbons (Fsp3) is 0.429. The van der Waals surface area contributed by atoms with Crippen LogP contribution in [0.25, 0.3) is 0 Å². The molecule has 12 heavy (non-hydrogen) atoms. The molecule has 1 aromatic heterocycles. The van der Waals surface area contributed by atoms with Crippen LogP contribution in [-0.4, -0.2) is 22.5 Å². The van der Waals surface area contributed by atoms with E-state index in [4.69, 9.17) is 4.74 Å². The number of nitrogens with zero attached hydrogens (tertiary/aromatic N) is 1. The summed E-state index contributed by atoms with van der Waals surface area (Å²) < 4.78 is 4.83. The van der Waals surface area contributed by atoms with Gasteiger partial charge in [0.05, 0.1) is 19.1 Å². The van der Waals surface area contributed by atoms with Crippen molar-refractivity contribution in [3.63, 3.8) is 0 Å². The number of esters is 1. The normalized spacial score (nSPS) is 8.75. The molecule has 1 aromatic rings. The monoisotopic (exact) mass is 190 g/mol. The first kappa shape index (κ1) is 11.0. The van der Waals surface area contributed by atoms with Gasteiger partial charge >= 0.3 is 5.97 Å². The smallest absolute Gasteiger partial charge is 0.356 e. The molecule has 0 fully saturated rings. The van der Waals surface area contributed by atoms with E-state index in [1.807, 2.05) is 6.92 Å². The van der Waals surface area contributed by atoms with Gasteiger partial charge < -0.3 is 9.72 Å². The number of rotatable bonds is 3. The molecule has 0 aromatic carbocycles. The summed E-state index contributed by atoms with van der Waals surface area (Å²) in [6.07, 6.45) is 3.72. The zero-order valence-corrected chi connectivity index (χ0v) is 7.56. The topological polar surface area (TPSA) is 55.0 Å². The molecule has 1 heterocycles. The van der Waals surface area contributed by atoms with Gasteiger partial charge in [0.1, 0.15) is 5.69 Å². The van der Waals surface area contributed by atoms with Gasteiger partial charge in [0.2, 0.25) is 0 Å². The lowest BCUT2D eigenvalue weighted by atomic mass is 10.5. The van der Waals surface area contributed by atoms with E-state index in [1.165, 1.54) is 12.5 Å². The van der Waals surface area contributed by atoms with Crippen LogP contribution in [0.3, 0.4) is 0 Å². The van der Waals surface area contributed by atoms with Crippen molar-refractivity contribution in [1.29, 1.82) is 0 Å². The molecular weight excluding hydrogens is 180 g/mol. The first-order chi connectivity index (χ1) is 5.34. The number of carbonyl (C=O) groups is 1. The van der Waals surface area contributed by atoms with Crippen LogP contribution in [0.15, 0.2) is 12.5 Å². The summed E-state index contributed by atoms with van der Waals surface area (Å²) in [4.78, 5) is 17.3. The highest BCUT2D eigenvalue weighted by Crippen LogP contribution is 1.94. The van der Waals surface area contributed by atoms with Crippen LogP contribution >= 0.6 is 12.4 Å². The van der Waals surface area contributed by atoms with Crippen molar-refractivity contribution in [2.24, 2.45) is 0 Å². The highest BCUT2D eigenvalue weighted by molar-refractivity contribution is 5.86. The van der Waals surface area contributed by atoms with Crippen LogP contribution in [0.2, 0.25) is 0 Å². The zero-order valence-electron chi connectivity index (χ0n) is 6.74. The summed E-state index contributed by atoms with van der Waals surface area (Å²) in [6.45, 7) is 2.40. The minimum atomic E-state index is -0.343. The molecule has 1 rings (SSSR count). The molecule has 68 valence electrons. The molecule has 0 saturated carbocycles. The molecule has 0 bridgehead atoms. The molecule has 0 aliphatic heterocycles. The maximum absolute atomic E-state index is 11.0. The molecular formula is C7H11ClN2O2. The summed E-state index contributed by atoms with van der Waals surface area (Å²) in [5, 5.41) is 0. The number of imidazole rings is 1. The highest BCUT2D eigenvalue weighted by Gasteiger charge is 2.05. The van der Waals surface area contributed by atoms with Gasteiger partial charge in [-0.3, -0.25) is 0 Å². The van der Waals surface area contributed by atoms with Crippen molar-refractivity contribution in [2.45, 2.75) is 13.3 Å². The van der Waals surface area contributed by atoms with E-state index < -0.39 is 0 Å². The third kappa shape index (κ3) is 2.92. The number of aromatic nitrogens is 2. The van der Waals surface area contributed by atoms with Crippen molar-refractivity contribution in [3.8, 4) is 0 Å². The lowest BCUT2D eigenvalue weighted by Gasteiger charge is -1.98. The molecule has 0 radical (unpaired) electrons. The number of halogens is 1. The Labute approximate surface area is 76.7 Å². The number of carbonyl (C=O) groups excluding carboxylic acids is 1. The molecule has 0 spiro atoms. The lowest BCUT2D eigenvalue weighted by Crippen LogP contribution is -2.05. The Hall–Kier alpha value is -1.03. The number of hydrogen-bond acceptors (Lipinski definition) is 3. The van der Waals surface area contributed by atoms with Crippen LogP contribution in [0.4, 0.5) is 0 Å². The number of hydrogen-bond donors (Lipinski definition) is 1. The Kier molecular flexibility index (Phi) is 5.12. The number of H-pyrrole nitrogens is 1. The third-order valence-corrected chi connectivity index (χ3v) is 1.16. The number of nitrogens with one attached hydrogen (secondary N) is 1. The third-order valence-electron chi connectivity index (χ3n) is 1.16.